The lowest BCUT2D eigenvalue weighted by Gasteiger charge is -2.26. The van der Waals surface area contributed by atoms with Crippen LogP contribution in [0.3, 0.4) is 0 Å². The number of nitrogens with one attached hydrogen (secondary N) is 1. The molecular weight excluding hydrogens is 276 g/mol. The van der Waals surface area contributed by atoms with Gasteiger partial charge in [0.2, 0.25) is 11.8 Å². The summed E-state index contributed by atoms with van der Waals surface area (Å²) in [5, 5.41) is 11.8. The van der Waals surface area contributed by atoms with Gasteiger partial charge in [-0.15, -0.1) is 0 Å². The molecule has 7 heteroatoms. The van der Waals surface area contributed by atoms with Crippen molar-refractivity contribution in [3.63, 3.8) is 0 Å². The number of rotatable bonds is 8. The number of amides is 2. The molecule has 1 heterocycles. The maximum atomic E-state index is 12.0. The highest BCUT2D eigenvalue weighted by Crippen LogP contribution is 2.20. The predicted molar refractivity (Wildman–Crippen MR) is 75.7 cm³/mol. The van der Waals surface area contributed by atoms with Gasteiger partial charge >= 0.3 is 5.97 Å². The molecule has 21 heavy (non-hydrogen) atoms. The van der Waals surface area contributed by atoms with Gasteiger partial charge < -0.3 is 20.1 Å². The Labute approximate surface area is 124 Å². The number of hydrogen-bond donors (Lipinski definition) is 2. The topological polar surface area (TPSA) is 95.9 Å². The van der Waals surface area contributed by atoms with Crippen molar-refractivity contribution in [3.8, 4) is 0 Å². The fourth-order valence-corrected chi connectivity index (χ4v) is 2.36. The monoisotopic (exact) mass is 300 g/mol. The fourth-order valence-electron chi connectivity index (χ4n) is 2.36. The zero-order valence-corrected chi connectivity index (χ0v) is 12.6. The first kappa shape index (κ1) is 17.4. The Bertz CT molecular complexity index is 386. The third-order valence-corrected chi connectivity index (χ3v) is 3.70. The van der Waals surface area contributed by atoms with Crippen LogP contribution >= 0.6 is 0 Å². The van der Waals surface area contributed by atoms with E-state index in [1.807, 2.05) is 0 Å². The third-order valence-electron chi connectivity index (χ3n) is 3.70. The molecule has 2 amide bonds. The van der Waals surface area contributed by atoms with Crippen molar-refractivity contribution >= 4 is 17.8 Å². The van der Waals surface area contributed by atoms with Gasteiger partial charge in [-0.3, -0.25) is 14.4 Å². The lowest BCUT2D eigenvalue weighted by molar-refractivity contribution is -0.144. The Balaban J connectivity index is 2.25. The number of likely N-dealkylation sites (N-methyl/N-ethyl adjacent to an activating group) is 1. The first-order chi connectivity index (χ1) is 9.93. The molecule has 2 unspecified atom stereocenters. The van der Waals surface area contributed by atoms with E-state index in [9.17, 15) is 14.4 Å². The van der Waals surface area contributed by atoms with Gasteiger partial charge in [-0.1, -0.05) is 6.42 Å². The summed E-state index contributed by atoms with van der Waals surface area (Å²) in [7, 11) is 1.63. The molecule has 7 nitrogen and oxygen atoms in total. The first-order valence-corrected chi connectivity index (χ1v) is 7.24. The number of aliphatic carboxylic acids is 1. The summed E-state index contributed by atoms with van der Waals surface area (Å²) in [6.45, 7) is 2.54. The minimum Gasteiger partial charge on any atom is -0.481 e. The summed E-state index contributed by atoms with van der Waals surface area (Å²) in [4.78, 5) is 35.3. The van der Waals surface area contributed by atoms with Crippen LogP contribution in [0, 0.1) is 5.92 Å². The number of carboxylic acid groups (broad SMARTS) is 1. The molecule has 2 N–H and O–H groups in total. The van der Waals surface area contributed by atoms with Gasteiger partial charge in [0.25, 0.3) is 0 Å². The van der Waals surface area contributed by atoms with Gasteiger partial charge in [0.1, 0.15) is 5.92 Å². The lowest BCUT2D eigenvalue weighted by Crippen LogP contribution is -2.44. The highest BCUT2D eigenvalue weighted by molar-refractivity contribution is 5.78. The summed E-state index contributed by atoms with van der Waals surface area (Å²) in [5.74, 6) is -1.67. The van der Waals surface area contributed by atoms with Gasteiger partial charge in [-0.25, -0.2) is 0 Å². The van der Waals surface area contributed by atoms with Crippen LogP contribution in [0.4, 0.5) is 0 Å². The van der Waals surface area contributed by atoms with Crippen LogP contribution in [0.2, 0.25) is 0 Å². The second-order valence-corrected chi connectivity index (χ2v) is 5.35. The van der Waals surface area contributed by atoms with Crippen molar-refractivity contribution in [2.24, 2.45) is 5.92 Å². The minimum atomic E-state index is -0.924. The zero-order valence-electron chi connectivity index (χ0n) is 12.6. The Morgan fingerprint density at radius 1 is 1.24 bits per heavy atom. The molecule has 0 aromatic heterocycles. The van der Waals surface area contributed by atoms with Crippen LogP contribution in [-0.2, 0) is 19.1 Å². The van der Waals surface area contributed by atoms with Crippen molar-refractivity contribution in [1.29, 1.82) is 0 Å². The SMILES string of the molecule is CC(=O)NCCCCCC(=O)N(C)C1COCC1C(=O)O. The molecule has 0 radical (unpaired) electrons. The van der Waals surface area contributed by atoms with Crippen molar-refractivity contribution in [2.45, 2.75) is 38.6 Å². The van der Waals surface area contributed by atoms with E-state index in [0.29, 0.717) is 13.0 Å². The van der Waals surface area contributed by atoms with E-state index < -0.39 is 11.9 Å². The summed E-state index contributed by atoms with van der Waals surface area (Å²) < 4.78 is 5.17. The standard InChI is InChI=1S/C14H24N2O5/c1-10(17)15-7-5-3-4-6-13(18)16(2)12-9-21-8-11(12)14(19)20/h11-12H,3-9H2,1-2H3,(H,15,17)(H,19,20). The molecule has 2 atom stereocenters. The summed E-state index contributed by atoms with van der Waals surface area (Å²) >= 11 is 0. The Hall–Kier alpha value is -1.63. The maximum Gasteiger partial charge on any atom is 0.311 e. The normalized spacial score (nSPS) is 21.0. The Morgan fingerprint density at radius 2 is 1.95 bits per heavy atom. The van der Waals surface area contributed by atoms with E-state index >= 15 is 0 Å². The smallest absolute Gasteiger partial charge is 0.311 e. The van der Waals surface area contributed by atoms with E-state index in [1.54, 1.807) is 7.05 Å². The van der Waals surface area contributed by atoms with Crippen LogP contribution in [-0.4, -0.2) is 60.6 Å². The number of carbonyl (C=O) groups excluding carboxylic acids is 2. The van der Waals surface area contributed by atoms with Crippen molar-refractivity contribution in [3.05, 3.63) is 0 Å². The summed E-state index contributed by atoms with van der Waals surface area (Å²) in [5.41, 5.74) is 0. The van der Waals surface area contributed by atoms with Crippen molar-refractivity contribution < 1.29 is 24.2 Å². The molecule has 0 saturated carbocycles. The molecule has 0 aromatic carbocycles. The molecule has 120 valence electrons. The predicted octanol–water partition coefficient (Wildman–Crippen LogP) is 0.241. The van der Waals surface area contributed by atoms with Crippen LogP contribution in [0.25, 0.3) is 0 Å². The van der Waals surface area contributed by atoms with E-state index in [4.69, 9.17) is 9.84 Å². The summed E-state index contributed by atoms with van der Waals surface area (Å²) in [6.07, 6.45) is 2.80. The molecule has 0 aliphatic carbocycles. The Kier molecular flexibility index (Phi) is 7.14. The van der Waals surface area contributed by atoms with E-state index in [0.717, 1.165) is 19.3 Å². The van der Waals surface area contributed by atoms with E-state index in [1.165, 1.54) is 11.8 Å². The van der Waals surface area contributed by atoms with Crippen LogP contribution < -0.4 is 5.32 Å². The zero-order chi connectivity index (χ0) is 15.8. The first-order valence-electron chi connectivity index (χ1n) is 7.24. The van der Waals surface area contributed by atoms with Crippen LogP contribution in [0.5, 0.6) is 0 Å². The summed E-state index contributed by atoms with van der Waals surface area (Å²) in [6, 6.07) is -0.380. The molecule has 1 saturated heterocycles. The number of carboxylic acids is 1. The number of nitrogens with zero attached hydrogens (tertiary/aromatic N) is 1. The minimum absolute atomic E-state index is 0.0493. The highest BCUT2D eigenvalue weighted by Gasteiger charge is 2.38. The molecule has 1 rings (SSSR count). The van der Waals surface area contributed by atoms with E-state index in [-0.39, 0.29) is 31.1 Å². The van der Waals surface area contributed by atoms with Crippen LogP contribution in [0.1, 0.15) is 32.6 Å². The average Bonchev–Trinajstić information content (AvgIpc) is 2.90. The number of hydrogen-bond acceptors (Lipinski definition) is 4. The average molecular weight is 300 g/mol. The van der Waals surface area contributed by atoms with Gasteiger partial charge in [-0.2, -0.15) is 0 Å². The highest BCUT2D eigenvalue weighted by atomic mass is 16.5. The molecular formula is C14H24N2O5. The molecule has 1 aliphatic heterocycles. The van der Waals surface area contributed by atoms with Gasteiger partial charge in [-0.05, 0) is 12.8 Å². The molecule has 1 fully saturated rings. The van der Waals surface area contributed by atoms with E-state index in [2.05, 4.69) is 5.32 Å². The molecule has 0 aromatic rings. The Morgan fingerprint density at radius 3 is 2.57 bits per heavy atom. The number of unbranched alkanes of at least 4 members (excludes halogenated alkanes) is 2. The van der Waals surface area contributed by atoms with Crippen molar-refractivity contribution in [1.82, 2.24) is 10.2 Å². The maximum absolute atomic E-state index is 12.0. The largest absolute Gasteiger partial charge is 0.481 e. The number of carbonyl (C=O) groups is 3. The molecule has 0 spiro atoms. The van der Waals surface area contributed by atoms with Crippen molar-refractivity contribution in [2.75, 3.05) is 26.8 Å². The van der Waals surface area contributed by atoms with Gasteiger partial charge in [0, 0.05) is 26.9 Å². The fraction of sp³-hybridized carbons (Fsp3) is 0.786. The second-order valence-electron chi connectivity index (χ2n) is 5.35. The van der Waals surface area contributed by atoms with Gasteiger partial charge in [0.05, 0.1) is 19.3 Å². The quantitative estimate of drug-likeness (QED) is 0.626. The lowest BCUT2D eigenvalue weighted by atomic mass is 10.0. The second kappa shape index (κ2) is 8.61. The van der Waals surface area contributed by atoms with Gasteiger partial charge in [0.15, 0.2) is 0 Å². The number of ether oxygens (including phenoxy) is 1. The molecule has 0 bridgehead atoms. The third kappa shape index (κ3) is 5.71. The van der Waals surface area contributed by atoms with Crippen LogP contribution in [0.15, 0.2) is 0 Å². The molecule has 1 aliphatic rings.